The first-order valence-corrected chi connectivity index (χ1v) is 8.26. The zero-order chi connectivity index (χ0) is 15.6. The molecule has 112 valence electrons. The van der Waals surface area contributed by atoms with E-state index < -0.39 is 21.7 Å². The van der Waals surface area contributed by atoms with Crippen LogP contribution in [0.25, 0.3) is 10.8 Å². The van der Waals surface area contributed by atoms with Crippen molar-refractivity contribution in [3.8, 4) is 5.75 Å². The predicted molar refractivity (Wildman–Crippen MR) is 83.6 cm³/mol. The molecule has 3 nitrogen and oxygen atoms in total. The summed E-state index contributed by atoms with van der Waals surface area (Å²) in [6.07, 6.45) is 0. The molecule has 0 radical (unpaired) electrons. The highest BCUT2D eigenvalue weighted by Crippen LogP contribution is 2.23. The summed E-state index contributed by atoms with van der Waals surface area (Å²) in [4.78, 5) is 0. The Bertz CT molecular complexity index is 920. The molecule has 0 amide bonds. The van der Waals surface area contributed by atoms with E-state index in [2.05, 4.69) is 0 Å². The van der Waals surface area contributed by atoms with E-state index in [9.17, 15) is 12.8 Å². The molecule has 0 heterocycles. The fourth-order valence-electron chi connectivity index (χ4n) is 2.20. The quantitative estimate of drug-likeness (QED) is 0.686. The molecular formula is C17H13FO3S. The predicted octanol–water partition coefficient (Wildman–Crippen LogP) is 3.89. The summed E-state index contributed by atoms with van der Waals surface area (Å²) in [7, 11) is -3.92. The zero-order valence-corrected chi connectivity index (χ0v) is 12.4. The molecular weight excluding hydrogens is 303 g/mol. The van der Waals surface area contributed by atoms with E-state index in [0.29, 0.717) is 0 Å². The Labute approximate surface area is 128 Å². The Morgan fingerprint density at radius 1 is 0.864 bits per heavy atom. The van der Waals surface area contributed by atoms with Gasteiger partial charge in [0.05, 0.1) is 0 Å². The topological polar surface area (TPSA) is 43.4 Å². The van der Waals surface area contributed by atoms with E-state index in [4.69, 9.17) is 4.18 Å². The van der Waals surface area contributed by atoms with Crippen molar-refractivity contribution < 1.29 is 17.0 Å². The van der Waals surface area contributed by atoms with Crippen LogP contribution >= 0.6 is 0 Å². The van der Waals surface area contributed by atoms with Gasteiger partial charge in [-0.1, -0.05) is 48.5 Å². The molecule has 3 aromatic carbocycles. The molecule has 0 atom stereocenters. The zero-order valence-electron chi connectivity index (χ0n) is 11.6. The van der Waals surface area contributed by atoms with Crippen molar-refractivity contribution in [1.29, 1.82) is 0 Å². The smallest absolute Gasteiger partial charge is 0.313 e. The van der Waals surface area contributed by atoms with Crippen LogP contribution in [0.3, 0.4) is 0 Å². The van der Waals surface area contributed by atoms with Crippen LogP contribution in [0.15, 0.2) is 66.7 Å². The first-order valence-electron chi connectivity index (χ1n) is 6.68. The largest absolute Gasteiger partial charge is 0.382 e. The number of halogens is 1. The minimum absolute atomic E-state index is 0.0864. The molecule has 5 heteroatoms. The molecule has 0 aromatic heterocycles. The molecule has 0 spiro atoms. The lowest BCUT2D eigenvalue weighted by molar-refractivity contribution is 0.483. The second-order valence-corrected chi connectivity index (χ2v) is 6.46. The summed E-state index contributed by atoms with van der Waals surface area (Å²) in [6.45, 7) is 0. The summed E-state index contributed by atoms with van der Waals surface area (Å²) in [5.41, 5.74) is 0.0864. The number of hydrogen-bond acceptors (Lipinski definition) is 3. The number of rotatable bonds is 4. The molecule has 0 aliphatic heterocycles. The molecule has 0 aliphatic carbocycles. The van der Waals surface area contributed by atoms with Crippen LogP contribution in [-0.2, 0) is 15.9 Å². The Kier molecular flexibility index (Phi) is 3.81. The van der Waals surface area contributed by atoms with Crippen molar-refractivity contribution in [3.05, 3.63) is 78.1 Å². The first kappa shape index (κ1) is 14.5. The van der Waals surface area contributed by atoms with Crippen LogP contribution in [0, 0.1) is 5.82 Å². The molecule has 0 saturated heterocycles. The summed E-state index contributed by atoms with van der Waals surface area (Å²) in [6, 6.07) is 18.3. The molecule has 0 saturated carbocycles. The maximum atomic E-state index is 13.5. The normalized spacial score (nSPS) is 11.5. The molecule has 0 bridgehead atoms. The van der Waals surface area contributed by atoms with Gasteiger partial charge >= 0.3 is 10.1 Å². The lowest BCUT2D eigenvalue weighted by Crippen LogP contribution is -2.13. The van der Waals surface area contributed by atoms with Crippen LogP contribution in [0.5, 0.6) is 5.75 Å². The third kappa shape index (κ3) is 3.26. The summed E-state index contributed by atoms with van der Waals surface area (Å²) in [5, 5.41) is 1.86. The standard InChI is InChI=1S/C17H13FO3S/c18-17-8-4-3-7-15(17)12-22(19,20)21-16-10-9-13-5-1-2-6-14(13)11-16/h1-11H,12H2. The third-order valence-corrected chi connectivity index (χ3v) is 4.35. The van der Waals surface area contributed by atoms with Gasteiger partial charge in [0.25, 0.3) is 0 Å². The lowest BCUT2D eigenvalue weighted by Gasteiger charge is -2.08. The van der Waals surface area contributed by atoms with E-state index in [0.717, 1.165) is 10.8 Å². The molecule has 3 aromatic rings. The van der Waals surface area contributed by atoms with Crippen LogP contribution in [-0.4, -0.2) is 8.42 Å². The minimum atomic E-state index is -3.92. The second-order valence-electron chi connectivity index (χ2n) is 4.89. The first-order chi connectivity index (χ1) is 10.5. The van der Waals surface area contributed by atoms with Gasteiger partial charge in [0.15, 0.2) is 0 Å². The maximum absolute atomic E-state index is 13.5. The number of hydrogen-bond donors (Lipinski definition) is 0. The molecule has 0 unspecified atom stereocenters. The Morgan fingerprint density at radius 3 is 2.32 bits per heavy atom. The molecule has 3 rings (SSSR count). The second kappa shape index (κ2) is 5.77. The van der Waals surface area contributed by atoms with E-state index in [-0.39, 0.29) is 11.3 Å². The van der Waals surface area contributed by atoms with Crippen molar-refractivity contribution in [3.63, 3.8) is 0 Å². The Morgan fingerprint density at radius 2 is 1.55 bits per heavy atom. The van der Waals surface area contributed by atoms with Gasteiger partial charge in [-0.15, -0.1) is 0 Å². The average Bonchev–Trinajstić information content (AvgIpc) is 2.49. The third-order valence-electron chi connectivity index (χ3n) is 3.23. The van der Waals surface area contributed by atoms with Gasteiger partial charge in [0.1, 0.15) is 17.3 Å². The van der Waals surface area contributed by atoms with Crippen LogP contribution in [0.4, 0.5) is 4.39 Å². The Hall–Kier alpha value is -2.40. The SMILES string of the molecule is O=S(=O)(Cc1ccccc1F)Oc1ccc2ccccc2c1. The van der Waals surface area contributed by atoms with Crippen molar-refractivity contribution in [1.82, 2.24) is 0 Å². The van der Waals surface area contributed by atoms with Gasteiger partial charge in [-0.3, -0.25) is 0 Å². The highest BCUT2D eigenvalue weighted by molar-refractivity contribution is 7.86. The highest BCUT2D eigenvalue weighted by Gasteiger charge is 2.16. The highest BCUT2D eigenvalue weighted by atomic mass is 32.2. The number of benzene rings is 3. The van der Waals surface area contributed by atoms with Gasteiger partial charge in [-0.05, 0) is 29.0 Å². The van der Waals surface area contributed by atoms with Crippen molar-refractivity contribution in [2.24, 2.45) is 0 Å². The van der Waals surface area contributed by atoms with Crippen molar-refractivity contribution in [2.75, 3.05) is 0 Å². The Balaban J connectivity index is 1.85. The number of fused-ring (bicyclic) bond motifs is 1. The lowest BCUT2D eigenvalue weighted by atomic mass is 10.1. The average molecular weight is 316 g/mol. The molecule has 0 fully saturated rings. The van der Waals surface area contributed by atoms with E-state index >= 15 is 0 Å². The van der Waals surface area contributed by atoms with Gasteiger partial charge in [-0.25, -0.2) is 4.39 Å². The fraction of sp³-hybridized carbons (Fsp3) is 0.0588. The minimum Gasteiger partial charge on any atom is -0.382 e. The molecule has 22 heavy (non-hydrogen) atoms. The van der Waals surface area contributed by atoms with E-state index in [1.54, 1.807) is 24.3 Å². The van der Waals surface area contributed by atoms with E-state index in [1.807, 2.05) is 24.3 Å². The van der Waals surface area contributed by atoms with Crippen molar-refractivity contribution >= 4 is 20.9 Å². The monoisotopic (exact) mass is 316 g/mol. The maximum Gasteiger partial charge on any atom is 0.313 e. The van der Waals surface area contributed by atoms with Crippen LogP contribution < -0.4 is 4.18 Å². The summed E-state index contributed by atoms with van der Waals surface area (Å²) >= 11 is 0. The van der Waals surface area contributed by atoms with Gasteiger partial charge in [0, 0.05) is 5.56 Å². The fourth-order valence-corrected chi connectivity index (χ4v) is 3.27. The molecule has 0 aliphatic rings. The summed E-state index contributed by atoms with van der Waals surface area (Å²) in [5.74, 6) is -0.852. The molecule has 0 N–H and O–H groups in total. The van der Waals surface area contributed by atoms with Gasteiger partial charge < -0.3 is 4.18 Å². The van der Waals surface area contributed by atoms with Crippen LogP contribution in [0.1, 0.15) is 5.56 Å². The van der Waals surface area contributed by atoms with Gasteiger partial charge in [-0.2, -0.15) is 8.42 Å². The van der Waals surface area contributed by atoms with Gasteiger partial charge in [0.2, 0.25) is 0 Å². The van der Waals surface area contributed by atoms with Crippen molar-refractivity contribution in [2.45, 2.75) is 5.75 Å². The van der Waals surface area contributed by atoms with Crippen LogP contribution in [0.2, 0.25) is 0 Å². The summed E-state index contributed by atoms with van der Waals surface area (Å²) < 4.78 is 42.8. The van der Waals surface area contributed by atoms with E-state index in [1.165, 1.54) is 18.2 Å².